The van der Waals surface area contributed by atoms with Crippen molar-refractivity contribution in [3.63, 3.8) is 0 Å². The minimum atomic E-state index is -0.228. The van der Waals surface area contributed by atoms with E-state index in [1.807, 2.05) is 38.0 Å². The standard InChI is InChI=1S/C12H17BrFN3.HI/c1-16(2)12(17(3)4)15-8-9-7-10(13)5-6-11(9)14;/h5-7H,8H2,1-4H3;1H. The third-order valence-corrected chi connectivity index (χ3v) is 2.69. The number of hydrogen-bond acceptors (Lipinski definition) is 1. The van der Waals surface area contributed by atoms with Crippen LogP contribution >= 0.6 is 39.9 Å². The van der Waals surface area contributed by atoms with Crippen molar-refractivity contribution in [2.24, 2.45) is 4.99 Å². The Balaban J connectivity index is 0.00000289. The van der Waals surface area contributed by atoms with Crippen LogP contribution in [-0.2, 0) is 6.54 Å². The molecule has 0 saturated heterocycles. The molecule has 0 amide bonds. The van der Waals surface area contributed by atoms with Gasteiger partial charge in [-0.15, -0.1) is 24.0 Å². The third-order valence-electron chi connectivity index (χ3n) is 2.20. The van der Waals surface area contributed by atoms with Crippen molar-refractivity contribution in [1.82, 2.24) is 9.80 Å². The molecule has 102 valence electrons. The van der Waals surface area contributed by atoms with E-state index in [2.05, 4.69) is 20.9 Å². The van der Waals surface area contributed by atoms with Crippen LogP contribution in [0.2, 0.25) is 0 Å². The minimum absolute atomic E-state index is 0. The Morgan fingerprint density at radius 1 is 1.22 bits per heavy atom. The van der Waals surface area contributed by atoms with E-state index < -0.39 is 0 Å². The molecule has 0 aliphatic carbocycles. The van der Waals surface area contributed by atoms with Crippen molar-refractivity contribution >= 4 is 45.9 Å². The van der Waals surface area contributed by atoms with Crippen LogP contribution < -0.4 is 0 Å². The van der Waals surface area contributed by atoms with E-state index in [9.17, 15) is 4.39 Å². The topological polar surface area (TPSA) is 18.8 Å². The van der Waals surface area contributed by atoms with Crippen molar-refractivity contribution < 1.29 is 4.39 Å². The summed E-state index contributed by atoms with van der Waals surface area (Å²) in [6, 6.07) is 4.88. The lowest BCUT2D eigenvalue weighted by Gasteiger charge is -2.22. The van der Waals surface area contributed by atoms with Gasteiger partial charge in [0.1, 0.15) is 5.82 Å². The lowest BCUT2D eigenvalue weighted by Crippen LogP contribution is -2.35. The molecular weight excluding hydrogens is 412 g/mol. The van der Waals surface area contributed by atoms with Gasteiger partial charge in [0.05, 0.1) is 6.54 Å². The van der Waals surface area contributed by atoms with Gasteiger partial charge in [-0.25, -0.2) is 9.38 Å². The highest BCUT2D eigenvalue weighted by molar-refractivity contribution is 14.0. The maximum Gasteiger partial charge on any atom is 0.195 e. The van der Waals surface area contributed by atoms with E-state index in [-0.39, 0.29) is 29.8 Å². The highest BCUT2D eigenvalue weighted by Gasteiger charge is 2.06. The van der Waals surface area contributed by atoms with E-state index in [1.165, 1.54) is 6.07 Å². The van der Waals surface area contributed by atoms with Crippen LogP contribution in [0.1, 0.15) is 5.56 Å². The Morgan fingerprint density at radius 2 is 1.78 bits per heavy atom. The van der Waals surface area contributed by atoms with Crippen LogP contribution in [0, 0.1) is 5.82 Å². The van der Waals surface area contributed by atoms with Gasteiger partial charge in [-0.05, 0) is 18.2 Å². The molecule has 0 spiro atoms. The summed E-state index contributed by atoms with van der Waals surface area (Å²) in [6.07, 6.45) is 0. The van der Waals surface area contributed by atoms with Crippen molar-refractivity contribution in [3.05, 3.63) is 34.1 Å². The summed E-state index contributed by atoms with van der Waals surface area (Å²) < 4.78 is 14.4. The van der Waals surface area contributed by atoms with Gasteiger partial charge in [0.15, 0.2) is 5.96 Å². The fourth-order valence-electron chi connectivity index (χ4n) is 1.50. The second-order valence-electron chi connectivity index (χ2n) is 4.14. The maximum atomic E-state index is 13.5. The van der Waals surface area contributed by atoms with Gasteiger partial charge >= 0.3 is 0 Å². The van der Waals surface area contributed by atoms with Crippen molar-refractivity contribution in [2.75, 3.05) is 28.2 Å². The SMILES string of the molecule is CN(C)C(=NCc1cc(Br)ccc1F)N(C)C.I. The Hall–Kier alpha value is -0.370. The first-order chi connectivity index (χ1) is 7.91. The number of nitrogens with zero attached hydrogens (tertiary/aromatic N) is 3. The summed E-state index contributed by atoms with van der Waals surface area (Å²) in [6.45, 7) is 0.330. The molecule has 0 unspecified atom stereocenters. The molecule has 0 aromatic heterocycles. The van der Waals surface area contributed by atoms with Crippen molar-refractivity contribution in [3.8, 4) is 0 Å². The van der Waals surface area contributed by atoms with Crippen LogP contribution in [0.5, 0.6) is 0 Å². The van der Waals surface area contributed by atoms with Crippen LogP contribution in [-0.4, -0.2) is 44.0 Å². The summed E-state index contributed by atoms with van der Waals surface area (Å²) in [4.78, 5) is 8.20. The number of aliphatic imine (C=N–C) groups is 1. The smallest absolute Gasteiger partial charge is 0.195 e. The quantitative estimate of drug-likeness (QED) is 0.408. The lowest BCUT2D eigenvalue weighted by molar-refractivity contribution is 0.478. The normalized spacial score (nSPS) is 9.44. The molecule has 0 bridgehead atoms. The van der Waals surface area contributed by atoms with Gasteiger partial charge in [0.25, 0.3) is 0 Å². The first kappa shape index (κ1) is 17.6. The monoisotopic (exact) mass is 429 g/mol. The molecule has 0 saturated carbocycles. The molecule has 1 aromatic carbocycles. The molecule has 0 heterocycles. The van der Waals surface area contributed by atoms with Gasteiger partial charge in [0, 0.05) is 38.2 Å². The fourth-order valence-corrected chi connectivity index (χ4v) is 1.91. The molecule has 1 rings (SSSR count). The summed E-state index contributed by atoms with van der Waals surface area (Å²) >= 11 is 3.33. The molecule has 0 radical (unpaired) electrons. The maximum absolute atomic E-state index is 13.5. The molecule has 0 atom stereocenters. The molecular formula is C12H18BrFIN3. The molecule has 0 fully saturated rings. The predicted molar refractivity (Wildman–Crippen MR) is 88.0 cm³/mol. The molecule has 0 aliphatic heterocycles. The lowest BCUT2D eigenvalue weighted by atomic mass is 10.2. The van der Waals surface area contributed by atoms with Gasteiger partial charge in [-0.1, -0.05) is 15.9 Å². The van der Waals surface area contributed by atoms with Crippen molar-refractivity contribution in [1.29, 1.82) is 0 Å². The molecule has 0 N–H and O–H groups in total. The summed E-state index contributed by atoms with van der Waals surface area (Å²) in [5.41, 5.74) is 0.584. The minimum Gasteiger partial charge on any atom is -0.349 e. The van der Waals surface area contributed by atoms with Gasteiger partial charge < -0.3 is 9.80 Å². The van der Waals surface area contributed by atoms with Gasteiger partial charge in [-0.3, -0.25) is 0 Å². The van der Waals surface area contributed by atoms with E-state index in [0.29, 0.717) is 12.1 Å². The molecule has 1 aromatic rings. The van der Waals surface area contributed by atoms with Gasteiger partial charge in [0.2, 0.25) is 0 Å². The van der Waals surface area contributed by atoms with E-state index in [1.54, 1.807) is 12.1 Å². The average Bonchev–Trinajstić information content (AvgIpc) is 2.22. The molecule has 0 aliphatic rings. The Bertz CT molecular complexity index is 412. The predicted octanol–water partition coefficient (Wildman–Crippen LogP) is 3.19. The van der Waals surface area contributed by atoms with Gasteiger partial charge in [-0.2, -0.15) is 0 Å². The van der Waals surface area contributed by atoms with Crippen LogP contribution in [0.4, 0.5) is 4.39 Å². The summed E-state index contributed by atoms with van der Waals surface area (Å²) in [5, 5.41) is 0. The fraction of sp³-hybridized carbons (Fsp3) is 0.417. The average molecular weight is 430 g/mol. The highest BCUT2D eigenvalue weighted by atomic mass is 127. The number of rotatable bonds is 2. The third kappa shape index (κ3) is 5.09. The number of halogens is 3. The molecule has 6 heteroatoms. The van der Waals surface area contributed by atoms with Crippen LogP contribution in [0.3, 0.4) is 0 Å². The number of guanidine groups is 1. The largest absolute Gasteiger partial charge is 0.349 e. The molecule has 18 heavy (non-hydrogen) atoms. The zero-order valence-electron chi connectivity index (χ0n) is 10.9. The second-order valence-corrected chi connectivity index (χ2v) is 5.06. The number of hydrogen-bond donors (Lipinski definition) is 0. The van der Waals surface area contributed by atoms with Crippen LogP contribution in [0.15, 0.2) is 27.7 Å². The van der Waals surface area contributed by atoms with Crippen molar-refractivity contribution in [2.45, 2.75) is 6.54 Å². The van der Waals surface area contributed by atoms with E-state index in [0.717, 1.165) is 10.4 Å². The Labute approximate surface area is 133 Å². The summed E-state index contributed by atoms with van der Waals surface area (Å²) in [5.74, 6) is 0.582. The van der Waals surface area contributed by atoms with Crippen LogP contribution in [0.25, 0.3) is 0 Å². The highest BCUT2D eigenvalue weighted by Crippen LogP contribution is 2.16. The number of benzene rings is 1. The first-order valence-electron chi connectivity index (χ1n) is 5.25. The Kier molecular flexibility index (Phi) is 7.77. The van der Waals surface area contributed by atoms with E-state index >= 15 is 0 Å². The summed E-state index contributed by atoms with van der Waals surface area (Å²) in [7, 11) is 7.65. The zero-order valence-corrected chi connectivity index (χ0v) is 14.9. The molecule has 3 nitrogen and oxygen atoms in total. The zero-order chi connectivity index (χ0) is 13.0. The second kappa shape index (κ2) is 7.93. The van der Waals surface area contributed by atoms with E-state index in [4.69, 9.17) is 0 Å². The Morgan fingerprint density at radius 3 is 2.28 bits per heavy atom. The first-order valence-corrected chi connectivity index (χ1v) is 6.04.